The molecule has 0 fully saturated rings. The van der Waals surface area contributed by atoms with Crippen molar-refractivity contribution >= 4 is 16.7 Å². The molecule has 3 rings (SSSR count). The number of aryl methyl sites for hydroxylation is 2. The lowest BCUT2D eigenvalue weighted by molar-refractivity contribution is -0.255. The van der Waals surface area contributed by atoms with Crippen LogP contribution in [-0.2, 0) is 6.54 Å². The van der Waals surface area contributed by atoms with Gasteiger partial charge in [0.1, 0.15) is 5.69 Å². The molecule has 0 unspecified atom stereocenters. The van der Waals surface area contributed by atoms with Crippen molar-refractivity contribution in [1.29, 1.82) is 0 Å². The number of nitrogens with zero attached hydrogens (tertiary/aromatic N) is 2. The summed E-state index contributed by atoms with van der Waals surface area (Å²) in [6.07, 6.45) is 0. The monoisotopic (exact) mass is 307 g/mol. The van der Waals surface area contributed by atoms with Crippen molar-refractivity contribution in [3.63, 3.8) is 0 Å². The zero-order valence-electron chi connectivity index (χ0n) is 12.9. The van der Waals surface area contributed by atoms with Gasteiger partial charge < -0.3 is 9.90 Å². The molecule has 0 aliphatic carbocycles. The van der Waals surface area contributed by atoms with Crippen molar-refractivity contribution in [2.24, 2.45) is 0 Å². The van der Waals surface area contributed by atoms with Crippen molar-refractivity contribution in [1.82, 2.24) is 9.78 Å². The Kier molecular flexibility index (Phi) is 3.70. The summed E-state index contributed by atoms with van der Waals surface area (Å²) >= 11 is 0. The van der Waals surface area contributed by atoms with Crippen LogP contribution in [0.1, 0.15) is 27.2 Å². The van der Waals surface area contributed by atoms with Crippen LogP contribution in [-0.4, -0.2) is 15.7 Å². The van der Waals surface area contributed by atoms with Crippen molar-refractivity contribution in [3.8, 4) is 0 Å². The van der Waals surface area contributed by atoms with Crippen LogP contribution < -0.4 is 10.7 Å². The summed E-state index contributed by atoms with van der Waals surface area (Å²) in [5.74, 6) is -1.39. The molecule has 5 nitrogen and oxygen atoms in total. The summed E-state index contributed by atoms with van der Waals surface area (Å²) in [5, 5.41) is 16.0. The summed E-state index contributed by atoms with van der Waals surface area (Å²) in [4.78, 5) is 24.0. The normalized spacial score (nSPS) is 10.9. The Bertz CT molecular complexity index is 974. The van der Waals surface area contributed by atoms with Gasteiger partial charge in [-0.3, -0.25) is 4.79 Å². The number of fused-ring (bicyclic) bond motifs is 1. The Balaban J connectivity index is 2.22. The van der Waals surface area contributed by atoms with Crippen LogP contribution in [0.2, 0.25) is 0 Å². The number of carbonyl (C=O) groups excluding carboxylic acids is 1. The van der Waals surface area contributed by atoms with Crippen LogP contribution in [0.3, 0.4) is 0 Å². The fraction of sp³-hybridized carbons (Fsp3) is 0.167. The standard InChI is InChI=1S/C18H16N2O3/c1-11-7-8-12(2)13(9-11)10-20-17(21)15-6-4-3-5-14(15)16(19-20)18(22)23/h3-9H,10H2,1-2H3,(H,22,23)/p-1. The Labute approximate surface area is 132 Å². The maximum absolute atomic E-state index is 12.6. The zero-order chi connectivity index (χ0) is 16.6. The summed E-state index contributed by atoms with van der Waals surface area (Å²) in [6.45, 7) is 4.13. The van der Waals surface area contributed by atoms with Gasteiger partial charge in [-0.05, 0) is 31.0 Å². The van der Waals surface area contributed by atoms with Gasteiger partial charge in [0.2, 0.25) is 0 Å². The van der Waals surface area contributed by atoms with E-state index in [-0.39, 0.29) is 17.8 Å². The number of hydrogen-bond donors (Lipinski definition) is 0. The lowest BCUT2D eigenvalue weighted by Crippen LogP contribution is -2.31. The Morgan fingerprint density at radius 3 is 2.52 bits per heavy atom. The first-order valence-electron chi connectivity index (χ1n) is 7.24. The fourth-order valence-corrected chi connectivity index (χ4v) is 2.63. The molecule has 5 heteroatoms. The highest BCUT2D eigenvalue weighted by Crippen LogP contribution is 2.15. The molecule has 116 valence electrons. The molecule has 0 aliphatic heterocycles. The number of benzene rings is 2. The predicted octanol–water partition coefficient (Wildman–Crippen LogP) is 1.43. The molecule has 0 amide bonds. The maximum Gasteiger partial charge on any atom is 0.274 e. The third-order valence-electron chi connectivity index (χ3n) is 3.89. The Hall–Kier alpha value is -2.95. The highest BCUT2D eigenvalue weighted by atomic mass is 16.4. The quantitative estimate of drug-likeness (QED) is 0.733. The summed E-state index contributed by atoms with van der Waals surface area (Å²) in [6, 6.07) is 12.5. The predicted molar refractivity (Wildman–Crippen MR) is 85.4 cm³/mol. The van der Waals surface area contributed by atoms with Gasteiger partial charge in [-0.25, -0.2) is 4.68 Å². The molecular weight excluding hydrogens is 292 g/mol. The minimum atomic E-state index is -1.39. The molecule has 23 heavy (non-hydrogen) atoms. The van der Waals surface area contributed by atoms with E-state index in [1.54, 1.807) is 24.3 Å². The van der Waals surface area contributed by atoms with E-state index < -0.39 is 5.97 Å². The molecule has 0 aliphatic rings. The molecule has 0 saturated heterocycles. The van der Waals surface area contributed by atoms with E-state index in [0.717, 1.165) is 16.7 Å². The van der Waals surface area contributed by atoms with E-state index in [4.69, 9.17) is 0 Å². The highest BCUT2D eigenvalue weighted by Gasteiger charge is 2.12. The first-order chi connectivity index (χ1) is 11.0. The Morgan fingerprint density at radius 1 is 1.13 bits per heavy atom. The van der Waals surface area contributed by atoms with Crippen molar-refractivity contribution in [2.75, 3.05) is 0 Å². The lowest BCUT2D eigenvalue weighted by Gasteiger charge is -2.13. The molecule has 3 aromatic rings. The van der Waals surface area contributed by atoms with Gasteiger partial charge in [-0.2, -0.15) is 5.10 Å². The minimum Gasteiger partial charge on any atom is -0.543 e. The lowest BCUT2D eigenvalue weighted by atomic mass is 10.1. The molecule has 0 N–H and O–H groups in total. The third kappa shape index (κ3) is 2.73. The molecule has 0 saturated carbocycles. The molecule has 0 atom stereocenters. The van der Waals surface area contributed by atoms with Gasteiger partial charge in [-0.1, -0.05) is 42.0 Å². The van der Waals surface area contributed by atoms with Gasteiger partial charge in [0.25, 0.3) is 5.56 Å². The van der Waals surface area contributed by atoms with E-state index in [1.165, 1.54) is 4.68 Å². The largest absolute Gasteiger partial charge is 0.543 e. The summed E-state index contributed by atoms with van der Waals surface area (Å²) in [5.41, 5.74) is 2.49. The second-order valence-electron chi connectivity index (χ2n) is 5.57. The number of carboxylic acids is 1. The van der Waals surface area contributed by atoms with Crippen LogP contribution in [0.25, 0.3) is 10.8 Å². The van der Waals surface area contributed by atoms with Gasteiger partial charge in [0.15, 0.2) is 0 Å². The van der Waals surface area contributed by atoms with Gasteiger partial charge >= 0.3 is 0 Å². The molecule has 1 aromatic heterocycles. The first kappa shape index (κ1) is 15.0. The number of hydrogen-bond acceptors (Lipinski definition) is 4. The van der Waals surface area contributed by atoms with Gasteiger partial charge in [0, 0.05) is 5.39 Å². The van der Waals surface area contributed by atoms with E-state index in [2.05, 4.69) is 5.10 Å². The van der Waals surface area contributed by atoms with Crippen LogP contribution >= 0.6 is 0 Å². The van der Waals surface area contributed by atoms with Gasteiger partial charge in [-0.15, -0.1) is 0 Å². The molecule has 0 bridgehead atoms. The number of carboxylic acid groups (broad SMARTS) is 1. The van der Waals surface area contributed by atoms with Gasteiger partial charge in [0.05, 0.1) is 17.9 Å². The van der Waals surface area contributed by atoms with Crippen LogP contribution in [0.5, 0.6) is 0 Å². The SMILES string of the molecule is Cc1ccc(C)c(Cn2nc(C(=O)[O-])c3ccccc3c2=O)c1. The molecule has 0 spiro atoms. The summed E-state index contributed by atoms with van der Waals surface area (Å²) < 4.78 is 1.19. The van der Waals surface area contributed by atoms with Crippen molar-refractivity contribution in [2.45, 2.75) is 20.4 Å². The third-order valence-corrected chi connectivity index (χ3v) is 3.89. The average Bonchev–Trinajstić information content (AvgIpc) is 2.53. The van der Waals surface area contributed by atoms with Crippen LogP contribution in [0, 0.1) is 13.8 Å². The average molecular weight is 307 g/mol. The second-order valence-corrected chi connectivity index (χ2v) is 5.57. The molecule has 2 aromatic carbocycles. The van der Waals surface area contributed by atoms with Crippen molar-refractivity contribution < 1.29 is 9.90 Å². The highest BCUT2D eigenvalue weighted by molar-refractivity contribution is 6.00. The number of aromatic nitrogens is 2. The first-order valence-corrected chi connectivity index (χ1v) is 7.24. The molecule has 0 radical (unpaired) electrons. The fourth-order valence-electron chi connectivity index (χ4n) is 2.63. The topological polar surface area (TPSA) is 75.0 Å². The maximum atomic E-state index is 12.6. The second kappa shape index (κ2) is 5.68. The number of aromatic carboxylic acids is 1. The van der Waals surface area contributed by atoms with Crippen LogP contribution in [0.15, 0.2) is 47.3 Å². The smallest absolute Gasteiger partial charge is 0.274 e. The van der Waals surface area contributed by atoms with Crippen LogP contribution in [0.4, 0.5) is 0 Å². The molecular formula is C18H15N2O3-. The van der Waals surface area contributed by atoms with E-state index in [9.17, 15) is 14.7 Å². The van der Waals surface area contributed by atoms with E-state index in [0.29, 0.717) is 10.8 Å². The number of carbonyl (C=O) groups is 1. The molecule has 1 heterocycles. The van der Waals surface area contributed by atoms with Crippen molar-refractivity contribution in [3.05, 3.63) is 75.2 Å². The minimum absolute atomic E-state index is 0.217. The number of rotatable bonds is 3. The Morgan fingerprint density at radius 2 is 1.83 bits per heavy atom. The van der Waals surface area contributed by atoms with E-state index >= 15 is 0 Å². The summed E-state index contributed by atoms with van der Waals surface area (Å²) in [7, 11) is 0. The zero-order valence-corrected chi connectivity index (χ0v) is 12.9. The van der Waals surface area contributed by atoms with E-state index in [1.807, 2.05) is 32.0 Å².